The topological polar surface area (TPSA) is 54.4 Å². The third-order valence-corrected chi connectivity index (χ3v) is 9.19. The van der Waals surface area contributed by atoms with Crippen molar-refractivity contribution in [2.45, 2.75) is 65.2 Å². The lowest BCUT2D eigenvalue weighted by Crippen LogP contribution is -2.52. The molecule has 0 aliphatic heterocycles. The molecule has 0 radical (unpaired) electrons. The van der Waals surface area contributed by atoms with Crippen molar-refractivity contribution in [1.29, 1.82) is 0 Å². The number of aromatic nitrogens is 1. The highest BCUT2D eigenvalue weighted by Crippen LogP contribution is 2.64. The van der Waals surface area contributed by atoms with Crippen LogP contribution in [0, 0.1) is 34.5 Å². The summed E-state index contributed by atoms with van der Waals surface area (Å²) in [6, 6.07) is 3.47. The third-order valence-electron chi connectivity index (χ3n) is 9.19. The van der Waals surface area contributed by atoms with Crippen LogP contribution in [0.25, 0.3) is 0 Å². The molecule has 0 unspecified atom stereocenters. The Balaban J connectivity index is 1.35. The molecule has 0 bridgehead atoms. The van der Waals surface area contributed by atoms with E-state index in [0.717, 1.165) is 30.1 Å². The van der Waals surface area contributed by atoms with Gasteiger partial charge in [-0.15, -0.1) is 0 Å². The molecule has 1 amide bonds. The van der Waals surface area contributed by atoms with Gasteiger partial charge in [0.2, 0.25) is 0 Å². The van der Waals surface area contributed by atoms with E-state index >= 15 is 0 Å². The van der Waals surface area contributed by atoms with Crippen LogP contribution in [0.3, 0.4) is 0 Å². The van der Waals surface area contributed by atoms with Crippen LogP contribution in [0.1, 0.15) is 75.6 Å². The number of nitrogens with zero attached hydrogens (tertiary/aromatic N) is 2. The van der Waals surface area contributed by atoms with Gasteiger partial charge in [0, 0.05) is 29.1 Å². The lowest BCUT2D eigenvalue weighted by Gasteiger charge is -2.59. The molecule has 3 saturated carbocycles. The Morgan fingerprint density at radius 1 is 1.10 bits per heavy atom. The van der Waals surface area contributed by atoms with Crippen molar-refractivity contribution in [3.63, 3.8) is 0 Å². The van der Waals surface area contributed by atoms with Gasteiger partial charge in [-0.25, -0.2) is 5.43 Å². The zero-order chi connectivity index (χ0) is 20.1. The van der Waals surface area contributed by atoms with Crippen molar-refractivity contribution in [3.05, 3.63) is 42.2 Å². The van der Waals surface area contributed by atoms with Gasteiger partial charge >= 0.3 is 0 Å². The highest BCUT2D eigenvalue weighted by atomic mass is 16.2. The molecule has 4 heteroatoms. The zero-order valence-corrected chi connectivity index (χ0v) is 17.7. The molecule has 29 heavy (non-hydrogen) atoms. The van der Waals surface area contributed by atoms with Gasteiger partial charge in [0.15, 0.2) is 0 Å². The minimum Gasteiger partial charge on any atom is -0.267 e. The van der Waals surface area contributed by atoms with Crippen LogP contribution >= 0.6 is 0 Å². The Morgan fingerprint density at radius 2 is 1.93 bits per heavy atom. The normalized spacial score (nSPS) is 42.1. The molecule has 5 rings (SSSR count). The standard InChI is InChI=1S/C25H33N3O/c1-24-13-4-3-5-18(24)6-7-19-20-8-9-22(25(20,2)14-10-21(19)24)27-28-23(29)17-11-15-26-16-12-17/h3-4,11-12,15-16,18-21H,5-10,13-14H2,1-2H3,(H,28,29)/t18-,19-,20-,21+,24-,25-/m0/s1. The second-order valence-electron chi connectivity index (χ2n) is 10.3. The van der Waals surface area contributed by atoms with Gasteiger partial charge in [-0.3, -0.25) is 9.78 Å². The van der Waals surface area contributed by atoms with Gasteiger partial charge < -0.3 is 0 Å². The summed E-state index contributed by atoms with van der Waals surface area (Å²) < 4.78 is 0. The Bertz CT molecular complexity index is 847. The van der Waals surface area contributed by atoms with Crippen LogP contribution in [-0.2, 0) is 0 Å². The monoisotopic (exact) mass is 391 g/mol. The van der Waals surface area contributed by atoms with Gasteiger partial charge in [0.1, 0.15) is 0 Å². The van der Waals surface area contributed by atoms with Gasteiger partial charge in [-0.05, 0) is 92.6 Å². The summed E-state index contributed by atoms with van der Waals surface area (Å²) in [6.45, 7) is 5.01. The number of hydrogen-bond acceptors (Lipinski definition) is 3. The summed E-state index contributed by atoms with van der Waals surface area (Å²) in [5.41, 5.74) is 5.32. The van der Waals surface area contributed by atoms with E-state index in [2.05, 4.69) is 41.5 Å². The molecule has 0 spiro atoms. The van der Waals surface area contributed by atoms with Crippen LogP contribution in [0.4, 0.5) is 0 Å². The lowest BCUT2D eigenvalue weighted by molar-refractivity contribution is -0.0761. The second kappa shape index (κ2) is 7.07. The maximum absolute atomic E-state index is 12.4. The van der Waals surface area contributed by atoms with E-state index in [0.29, 0.717) is 11.0 Å². The van der Waals surface area contributed by atoms with E-state index in [9.17, 15) is 4.79 Å². The van der Waals surface area contributed by atoms with E-state index in [1.54, 1.807) is 24.5 Å². The predicted octanol–water partition coefficient (Wildman–Crippen LogP) is 5.38. The fourth-order valence-corrected chi connectivity index (χ4v) is 7.50. The summed E-state index contributed by atoms with van der Waals surface area (Å²) in [5.74, 6) is 3.15. The quantitative estimate of drug-likeness (QED) is 0.544. The average molecular weight is 392 g/mol. The number of carbonyl (C=O) groups is 1. The molecule has 1 aromatic rings. The molecule has 154 valence electrons. The summed E-state index contributed by atoms with van der Waals surface area (Å²) >= 11 is 0. The van der Waals surface area contributed by atoms with Crippen molar-refractivity contribution in [1.82, 2.24) is 10.4 Å². The maximum Gasteiger partial charge on any atom is 0.271 e. The lowest BCUT2D eigenvalue weighted by atomic mass is 9.46. The van der Waals surface area contributed by atoms with Crippen molar-refractivity contribution >= 4 is 11.6 Å². The minimum absolute atomic E-state index is 0.136. The average Bonchev–Trinajstić information content (AvgIpc) is 3.08. The van der Waals surface area contributed by atoms with E-state index < -0.39 is 0 Å². The number of carbonyl (C=O) groups excluding carboxylic acids is 1. The SMILES string of the molecule is C[C@]12CC=CC[C@H]1CC[C@@H]1[C@H]2CC[C@]2(C)C(=NNC(=O)c3ccncc3)CC[C@@H]12. The fraction of sp³-hybridized carbons (Fsp3) is 0.640. The van der Waals surface area contributed by atoms with E-state index in [1.165, 1.54) is 50.7 Å². The molecule has 4 nitrogen and oxygen atoms in total. The summed E-state index contributed by atoms with van der Waals surface area (Å²) in [6.07, 6.45) is 18.3. The first-order valence-electron chi connectivity index (χ1n) is 11.4. The molecular formula is C25H33N3O. The Kier molecular flexibility index (Phi) is 4.64. The Hall–Kier alpha value is -1.97. The van der Waals surface area contributed by atoms with Crippen LogP contribution < -0.4 is 5.43 Å². The summed E-state index contributed by atoms with van der Waals surface area (Å²) in [7, 11) is 0. The number of hydrazone groups is 1. The van der Waals surface area contributed by atoms with E-state index in [4.69, 9.17) is 0 Å². The molecule has 1 heterocycles. The number of hydrogen-bond donors (Lipinski definition) is 1. The van der Waals surface area contributed by atoms with Crippen molar-refractivity contribution < 1.29 is 4.79 Å². The summed E-state index contributed by atoms with van der Waals surface area (Å²) in [5, 5.41) is 4.68. The van der Waals surface area contributed by atoms with Crippen molar-refractivity contribution in [2.75, 3.05) is 0 Å². The maximum atomic E-state index is 12.4. The molecule has 0 saturated heterocycles. The molecule has 3 fully saturated rings. The van der Waals surface area contributed by atoms with Crippen LogP contribution in [0.15, 0.2) is 41.8 Å². The first-order chi connectivity index (χ1) is 14.0. The minimum atomic E-state index is -0.136. The number of pyridine rings is 1. The number of nitrogens with one attached hydrogen (secondary N) is 1. The van der Waals surface area contributed by atoms with Crippen molar-refractivity contribution in [3.8, 4) is 0 Å². The molecule has 1 aromatic heterocycles. The Morgan fingerprint density at radius 3 is 2.76 bits per heavy atom. The van der Waals surface area contributed by atoms with Gasteiger partial charge in [0.25, 0.3) is 5.91 Å². The number of allylic oxidation sites excluding steroid dienone is 2. The fourth-order valence-electron chi connectivity index (χ4n) is 7.50. The molecule has 6 atom stereocenters. The van der Waals surface area contributed by atoms with Crippen LogP contribution in [0.5, 0.6) is 0 Å². The summed E-state index contributed by atoms with van der Waals surface area (Å²) in [4.78, 5) is 16.4. The number of amides is 1. The van der Waals surface area contributed by atoms with Crippen LogP contribution in [-0.4, -0.2) is 16.6 Å². The largest absolute Gasteiger partial charge is 0.271 e. The highest BCUT2D eigenvalue weighted by molar-refractivity contribution is 5.97. The van der Waals surface area contributed by atoms with E-state index in [-0.39, 0.29) is 11.3 Å². The first-order valence-corrected chi connectivity index (χ1v) is 11.4. The Labute approximate surface area is 174 Å². The van der Waals surface area contributed by atoms with Crippen molar-refractivity contribution in [2.24, 2.45) is 39.6 Å². The molecule has 4 aliphatic carbocycles. The molecule has 0 aromatic carbocycles. The molecular weight excluding hydrogens is 358 g/mol. The van der Waals surface area contributed by atoms with Gasteiger partial charge in [-0.1, -0.05) is 26.0 Å². The third kappa shape index (κ3) is 2.98. The number of fused-ring (bicyclic) bond motifs is 5. The zero-order valence-electron chi connectivity index (χ0n) is 17.7. The van der Waals surface area contributed by atoms with E-state index in [1.807, 2.05) is 0 Å². The molecule has 4 aliphatic rings. The number of rotatable bonds is 2. The second-order valence-corrected chi connectivity index (χ2v) is 10.3. The predicted molar refractivity (Wildman–Crippen MR) is 115 cm³/mol. The van der Waals surface area contributed by atoms with Crippen LogP contribution in [0.2, 0.25) is 0 Å². The first kappa shape index (κ1) is 19.0. The van der Waals surface area contributed by atoms with Gasteiger partial charge in [0.05, 0.1) is 0 Å². The molecule has 1 N–H and O–H groups in total. The smallest absolute Gasteiger partial charge is 0.267 e. The highest BCUT2D eigenvalue weighted by Gasteiger charge is 2.58. The van der Waals surface area contributed by atoms with Gasteiger partial charge in [-0.2, -0.15) is 5.10 Å².